The normalized spacial score (nSPS) is 6.40. The molecule has 2 N–H and O–H groups in total. The Kier molecular flexibility index (Phi) is 61.6. The molecule has 0 aliphatic rings. The summed E-state index contributed by atoms with van der Waals surface area (Å²) in [6.07, 6.45) is 3.74. The van der Waals surface area contributed by atoms with E-state index in [0.717, 1.165) is 13.0 Å². The van der Waals surface area contributed by atoms with Crippen molar-refractivity contribution in [2.75, 3.05) is 6.54 Å². The van der Waals surface area contributed by atoms with Crippen LogP contribution in [0.5, 0.6) is 0 Å². The zero-order chi connectivity index (χ0) is 8.83. The van der Waals surface area contributed by atoms with Gasteiger partial charge in [-0.15, -0.1) is 13.2 Å². The lowest BCUT2D eigenvalue weighted by Gasteiger charge is -1.70. The van der Waals surface area contributed by atoms with Gasteiger partial charge in [0.25, 0.3) is 0 Å². The van der Waals surface area contributed by atoms with Crippen LogP contribution in [0.4, 0.5) is 0 Å². The molecule has 0 aromatic carbocycles. The van der Waals surface area contributed by atoms with Gasteiger partial charge in [-0.25, -0.2) is 0 Å². The Hall–Kier alpha value is -0.300. The van der Waals surface area contributed by atoms with Crippen molar-refractivity contribution in [2.45, 2.75) is 40.0 Å². The molecule has 0 unspecified atom stereocenters. The Balaban J connectivity index is -0.0000000787. The van der Waals surface area contributed by atoms with Crippen LogP contribution in [0.3, 0.4) is 0 Å². The summed E-state index contributed by atoms with van der Waals surface area (Å²) < 4.78 is 0. The maximum Gasteiger partial charge on any atom is -0.00799 e. The average Bonchev–Trinajstić information content (AvgIpc) is 2.08. The Morgan fingerprint density at radius 3 is 1.10 bits per heavy atom. The molecule has 0 heterocycles. The lowest BCUT2D eigenvalue weighted by Crippen LogP contribution is -1.93. The van der Waals surface area contributed by atoms with Gasteiger partial charge in [0.1, 0.15) is 0 Å². The van der Waals surface area contributed by atoms with E-state index in [1.807, 2.05) is 0 Å². The molecule has 0 rings (SSSR count). The molecule has 0 spiro atoms. The first-order valence-corrected chi connectivity index (χ1v) is 4.03. The van der Waals surface area contributed by atoms with E-state index in [0.29, 0.717) is 0 Å². The zero-order valence-electron chi connectivity index (χ0n) is 7.82. The van der Waals surface area contributed by atoms with Crippen molar-refractivity contribution < 1.29 is 0 Å². The average molecular weight is 145 g/mol. The second-order valence-electron chi connectivity index (χ2n) is 1.79. The summed E-state index contributed by atoms with van der Waals surface area (Å²) in [5.41, 5.74) is 5.03. The van der Waals surface area contributed by atoms with Crippen LogP contribution in [0.25, 0.3) is 0 Å². The van der Waals surface area contributed by atoms with Crippen LogP contribution in [0, 0.1) is 0 Å². The summed E-state index contributed by atoms with van der Waals surface area (Å²) in [6, 6.07) is 0. The molecule has 0 aromatic rings. The molecule has 0 aliphatic carbocycles. The minimum absolute atomic E-state index is 0.819. The van der Waals surface area contributed by atoms with Gasteiger partial charge in [-0.3, -0.25) is 0 Å². The Morgan fingerprint density at radius 2 is 1.10 bits per heavy atom. The fourth-order valence-electron chi connectivity index (χ4n) is 0. The van der Waals surface area contributed by atoms with Gasteiger partial charge in [0, 0.05) is 0 Å². The number of nitrogens with two attached hydrogens (primary N) is 1. The molecule has 0 fully saturated rings. The van der Waals surface area contributed by atoms with E-state index < -0.39 is 0 Å². The fourth-order valence-corrected chi connectivity index (χ4v) is 0. The second kappa shape index (κ2) is 37.7. The van der Waals surface area contributed by atoms with Crippen LogP contribution in [-0.4, -0.2) is 6.54 Å². The van der Waals surface area contributed by atoms with Crippen molar-refractivity contribution >= 4 is 0 Å². The Bertz CT molecular complexity index is 19.9. The predicted octanol–water partition coefficient (Wildman–Crippen LogP) is 2.96. The van der Waals surface area contributed by atoms with E-state index >= 15 is 0 Å². The summed E-state index contributed by atoms with van der Waals surface area (Å²) in [5.74, 6) is 0. The smallest absolute Gasteiger partial charge is 0.00799 e. The van der Waals surface area contributed by atoms with Gasteiger partial charge in [0.15, 0.2) is 0 Å². The van der Waals surface area contributed by atoms with Gasteiger partial charge < -0.3 is 5.73 Å². The van der Waals surface area contributed by atoms with Gasteiger partial charge in [0.05, 0.1) is 0 Å². The molecule has 0 atom stereocenters. The van der Waals surface area contributed by atoms with Crippen molar-refractivity contribution in [1.29, 1.82) is 0 Å². The van der Waals surface area contributed by atoms with Crippen molar-refractivity contribution in [3.05, 3.63) is 13.2 Å². The summed E-state index contributed by atoms with van der Waals surface area (Å²) in [6.45, 7) is 13.2. The largest absolute Gasteiger partial charge is 0.330 e. The van der Waals surface area contributed by atoms with Crippen molar-refractivity contribution in [3.8, 4) is 0 Å². The lowest BCUT2D eigenvalue weighted by atomic mass is 10.4. The molecule has 0 saturated carbocycles. The van der Waals surface area contributed by atoms with Crippen LogP contribution in [0.1, 0.15) is 40.0 Å². The zero-order valence-corrected chi connectivity index (χ0v) is 7.82. The first kappa shape index (κ1) is 16.4. The Labute approximate surface area is 66.3 Å². The predicted molar refractivity (Wildman–Crippen MR) is 51.2 cm³/mol. The summed E-state index contributed by atoms with van der Waals surface area (Å²) in [4.78, 5) is 0. The quantitative estimate of drug-likeness (QED) is 0.594. The van der Waals surface area contributed by atoms with Gasteiger partial charge in [-0.05, 0) is 13.0 Å². The SMILES string of the molecule is C=C.CCCC.CCCN. The van der Waals surface area contributed by atoms with Crippen LogP contribution < -0.4 is 5.73 Å². The molecule has 1 heteroatoms. The van der Waals surface area contributed by atoms with Crippen LogP contribution in [0.2, 0.25) is 0 Å². The van der Waals surface area contributed by atoms with Crippen LogP contribution in [0.15, 0.2) is 13.2 Å². The molecular weight excluding hydrogens is 122 g/mol. The number of hydrogen-bond acceptors (Lipinski definition) is 1. The van der Waals surface area contributed by atoms with E-state index in [1.54, 1.807) is 0 Å². The first-order chi connectivity index (χ1) is 4.83. The molecule has 1 nitrogen and oxygen atoms in total. The highest BCUT2D eigenvalue weighted by molar-refractivity contribution is 4.22. The van der Waals surface area contributed by atoms with Gasteiger partial charge in [-0.2, -0.15) is 0 Å². The number of rotatable bonds is 2. The standard InChI is InChI=1S/C4H10.C3H9N.C2H4/c1-3-4-2;1-2-3-4;1-2/h3-4H2,1-2H3;2-4H2,1H3;1-2H2. The lowest BCUT2D eigenvalue weighted by molar-refractivity contribution is 0.886. The monoisotopic (exact) mass is 145 g/mol. The highest BCUT2D eigenvalue weighted by Crippen LogP contribution is 1.76. The molecule has 0 aromatic heterocycles. The van der Waals surface area contributed by atoms with E-state index in [1.165, 1.54) is 12.8 Å². The summed E-state index contributed by atoms with van der Waals surface area (Å²) >= 11 is 0. The maximum absolute atomic E-state index is 5.03. The molecule has 0 bridgehead atoms. The van der Waals surface area contributed by atoms with Crippen molar-refractivity contribution in [3.63, 3.8) is 0 Å². The molecule has 0 saturated heterocycles. The second-order valence-corrected chi connectivity index (χ2v) is 1.79. The van der Waals surface area contributed by atoms with Crippen LogP contribution >= 0.6 is 0 Å². The van der Waals surface area contributed by atoms with Gasteiger partial charge in [-0.1, -0.05) is 33.6 Å². The molecular formula is C9H23N. The van der Waals surface area contributed by atoms with E-state index in [2.05, 4.69) is 33.9 Å². The highest BCUT2D eigenvalue weighted by atomic mass is 14.5. The minimum Gasteiger partial charge on any atom is -0.330 e. The number of unbranched alkanes of at least 4 members (excludes halogenated alkanes) is 1. The molecule has 10 heavy (non-hydrogen) atoms. The highest BCUT2D eigenvalue weighted by Gasteiger charge is 1.56. The van der Waals surface area contributed by atoms with Crippen molar-refractivity contribution in [1.82, 2.24) is 0 Å². The Morgan fingerprint density at radius 1 is 0.900 bits per heavy atom. The molecule has 0 aliphatic heterocycles. The third kappa shape index (κ3) is 120. The van der Waals surface area contributed by atoms with E-state index in [4.69, 9.17) is 5.73 Å². The third-order valence-electron chi connectivity index (χ3n) is 0.789. The maximum atomic E-state index is 5.03. The molecule has 64 valence electrons. The summed E-state index contributed by atoms with van der Waals surface area (Å²) in [5, 5.41) is 0. The van der Waals surface area contributed by atoms with Crippen molar-refractivity contribution in [2.24, 2.45) is 5.73 Å². The molecule has 0 radical (unpaired) electrons. The fraction of sp³-hybridized carbons (Fsp3) is 0.778. The van der Waals surface area contributed by atoms with E-state index in [-0.39, 0.29) is 0 Å². The van der Waals surface area contributed by atoms with E-state index in [9.17, 15) is 0 Å². The topological polar surface area (TPSA) is 26.0 Å². The third-order valence-corrected chi connectivity index (χ3v) is 0.789. The first-order valence-electron chi connectivity index (χ1n) is 4.03. The van der Waals surface area contributed by atoms with Gasteiger partial charge in [0.2, 0.25) is 0 Å². The molecule has 0 amide bonds. The number of hydrogen-bond donors (Lipinski definition) is 1. The minimum atomic E-state index is 0.819. The van der Waals surface area contributed by atoms with Gasteiger partial charge >= 0.3 is 0 Å². The van der Waals surface area contributed by atoms with Crippen LogP contribution in [-0.2, 0) is 0 Å². The summed E-state index contributed by atoms with van der Waals surface area (Å²) in [7, 11) is 0.